The van der Waals surface area contributed by atoms with Crippen LogP contribution in [0, 0.1) is 0 Å². The molecule has 0 aromatic heterocycles. The fourth-order valence-corrected chi connectivity index (χ4v) is 2.38. The maximum absolute atomic E-state index is 12.0. The number of hydrogen-bond donors (Lipinski definition) is 2. The van der Waals surface area contributed by atoms with E-state index in [1.165, 1.54) is 0 Å². The molecule has 21 heavy (non-hydrogen) atoms. The zero-order chi connectivity index (χ0) is 15.4. The first-order valence-corrected chi connectivity index (χ1v) is 7.78. The Kier molecular flexibility index (Phi) is 5.51. The molecular weight excluding hydrogens is 375 g/mol. The minimum absolute atomic E-state index is 0.129. The fraction of sp³-hybridized carbons (Fsp3) is 0.133. The summed E-state index contributed by atoms with van der Waals surface area (Å²) < 4.78 is 0.994. The van der Waals surface area contributed by atoms with E-state index in [0.717, 1.165) is 10.0 Å². The summed E-state index contributed by atoms with van der Waals surface area (Å²) in [4.78, 5) is 12.0. The molecule has 0 aliphatic rings. The SMILES string of the molecule is CC(NC(=O)Nc1cc(Cl)ccc1Cl)c1ccc(Br)cc1. The lowest BCUT2D eigenvalue weighted by Gasteiger charge is -2.15. The van der Waals surface area contributed by atoms with Crippen LogP contribution in [-0.4, -0.2) is 6.03 Å². The second-order valence-electron chi connectivity index (χ2n) is 4.50. The fourth-order valence-electron chi connectivity index (χ4n) is 1.78. The molecule has 110 valence electrons. The number of anilines is 1. The normalized spacial score (nSPS) is 11.8. The molecule has 2 amide bonds. The molecule has 0 bridgehead atoms. The van der Waals surface area contributed by atoms with E-state index in [-0.39, 0.29) is 12.1 Å². The highest BCUT2D eigenvalue weighted by Crippen LogP contribution is 2.25. The van der Waals surface area contributed by atoms with Gasteiger partial charge in [0.25, 0.3) is 0 Å². The molecule has 0 aliphatic carbocycles. The topological polar surface area (TPSA) is 41.1 Å². The highest BCUT2D eigenvalue weighted by Gasteiger charge is 2.11. The second-order valence-corrected chi connectivity index (χ2v) is 6.26. The van der Waals surface area contributed by atoms with Gasteiger partial charge in [0.2, 0.25) is 0 Å². The van der Waals surface area contributed by atoms with Gasteiger partial charge in [-0.3, -0.25) is 0 Å². The molecule has 0 spiro atoms. The highest BCUT2D eigenvalue weighted by molar-refractivity contribution is 9.10. The summed E-state index contributed by atoms with van der Waals surface area (Å²) in [7, 11) is 0. The molecule has 3 nitrogen and oxygen atoms in total. The Morgan fingerprint density at radius 1 is 1.14 bits per heavy atom. The molecule has 6 heteroatoms. The second kappa shape index (κ2) is 7.16. The summed E-state index contributed by atoms with van der Waals surface area (Å²) in [5, 5.41) is 6.48. The van der Waals surface area contributed by atoms with Gasteiger partial charge in [-0.15, -0.1) is 0 Å². The van der Waals surface area contributed by atoms with E-state index in [0.29, 0.717) is 15.7 Å². The number of halogens is 3. The number of carbonyl (C=O) groups excluding carboxylic acids is 1. The molecule has 0 saturated heterocycles. The van der Waals surface area contributed by atoms with Crippen LogP contribution in [0.25, 0.3) is 0 Å². The zero-order valence-corrected chi connectivity index (χ0v) is 14.3. The molecule has 2 aromatic rings. The van der Waals surface area contributed by atoms with Crippen molar-refractivity contribution >= 4 is 50.9 Å². The van der Waals surface area contributed by atoms with Gasteiger partial charge in [-0.05, 0) is 42.8 Å². The standard InChI is InChI=1S/C15H13BrCl2N2O/c1-9(10-2-4-11(16)5-3-10)19-15(21)20-14-8-12(17)6-7-13(14)18/h2-9H,1H3,(H2,19,20,21). The van der Waals surface area contributed by atoms with Crippen molar-refractivity contribution in [2.75, 3.05) is 5.32 Å². The Bertz CT molecular complexity index is 647. The first kappa shape index (κ1) is 16.1. The van der Waals surface area contributed by atoms with Crippen LogP contribution in [0.3, 0.4) is 0 Å². The number of nitrogens with one attached hydrogen (secondary N) is 2. The first-order chi connectivity index (χ1) is 9.95. The van der Waals surface area contributed by atoms with Crippen molar-refractivity contribution in [2.45, 2.75) is 13.0 Å². The quantitative estimate of drug-likeness (QED) is 0.702. The lowest BCUT2D eigenvalue weighted by molar-refractivity contribution is 0.249. The molecule has 0 heterocycles. The van der Waals surface area contributed by atoms with Crippen molar-refractivity contribution in [2.24, 2.45) is 0 Å². The molecule has 0 radical (unpaired) electrons. The van der Waals surface area contributed by atoms with Gasteiger partial charge in [0, 0.05) is 9.50 Å². The van der Waals surface area contributed by atoms with Gasteiger partial charge in [-0.2, -0.15) is 0 Å². The molecule has 0 fully saturated rings. The molecule has 1 unspecified atom stereocenters. The highest BCUT2D eigenvalue weighted by atomic mass is 79.9. The average molecular weight is 388 g/mol. The zero-order valence-electron chi connectivity index (χ0n) is 11.2. The van der Waals surface area contributed by atoms with Gasteiger partial charge in [0.1, 0.15) is 0 Å². The molecular formula is C15H13BrCl2N2O. The van der Waals surface area contributed by atoms with Crippen LogP contribution < -0.4 is 10.6 Å². The van der Waals surface area contributed by atoms with Crippen LogP contribution >= 0.6 is 39.1 Å². The van der Waals surface area contributed by atoms with E-state index in [4.69, 9.17) is 23.2 Å². The summed E-state index contributed by atoms with van der Waals surface area (Å²) in [5.74, 6) is 0. The predicted molar refractivity (Wildman–Crippen MR) is 91.2 cm³/mol. The van der Waals surface area contributed by atoms with Gasteiger partial charge in [-0.25, -0.2) is 4.79 Å². The molecule has 0 aliphatic heterocycles. The monoisotopic (exact) mass is 386 g/mol. The van der Waals surface area contributed by atoms with Crippen molar-refractivity contribution < 1.29 is 4.79 Å². The van der Waals surface area contributed by atoms with Gasteiger partial charge in [0.15, 0.2) is 0 Å². The number of amides is 2. The molecule has 0 saturated carbocycles. The van der Waals surface area contributed by atoms with E-state index in [2.05, 4.69) is 26.6 Å². The first-order valence-electron chi connectivity index (χ1n) is 6.24. The van der Waals surface area contributed by atoms with Crippen molar-refractivity contribution in [1.29, 1.82) is 0 Å². The van der Waals surface area contributed by atoms with Crippen molar-refractivity contribution in [1.82, 2.24) is 5.32 Å². The van der Waals surface area contributed by atoms with E-state index in [1.54, 1.807) is 18.2 Å². The van der Waals surface area contributed by atoms with Gasteiger partial charge < -0.3 is 10.6 Å². The maximum atomic E-state index is 12.0. The lowest BCUT2D eigenvalue weighted by atomic mass is 10.1. The third-order valence-corrected chi connectivity index (χ3v) is 3.99. The summed E-state index contributed by atoms with van der Waals surface area (Å²) in [6.07, 6.45) is 0. The number of benzene rings is 2. The van der Waals surface area contributed by atoms with E-state index in [1.807, 2.05) is 31.2 Å². The smallest absolute Gasteiger partial charge is 0.319 e. The molecule has 1 atom stereocenters. The number of hydrogen-bond acceptors (Lipinski definition) is 1. The summed E-state index contributed by atoms with van der Waals surface area (Å²) in [5.41, 5.74) is 1.48. The molecule has 2 N–H and O–H groups in total. The van der Waals surface area contributed by atoms with Gasteiger partial charge in [-0.1, -0.05) is 51.3 Å². The van der Waals surface area contributed by atoms with Gasteiger partial charge >= 0.3 is 6.03 Å². The predicted octanol–water partition coefficient (Wildman–Crippen LogP) is 5.64. The van der Waals surface area contributed by atoms with Crippen LogP contribution in [0.4, 0.5) is 10.5 Å². The molecule has 2 aromatic carbocycles. The van der Waals surface area contributed by atoms with Crippen molar-refractivity contribution in [3.05, 3.63) is 62.5 Å². The van der Waals surface area contributed by atoms with E-state index < -0.39 is 0 Å². The Morgan fingerprint density at radius 3 is 2.48 bits per heavy atom. The maximum Gasteiger partial charge on any atom is 0.319 e. The minimum atomic E-state index is -0.338. The van der Waals surface area contributed by atoms with Crippen molar-refractivity contribution in [3.63, 3.8) is 0 Å². The van der Waals surface area contributed by atoms with Crippen LogP contribution in [0.15, 0.2) is 46.9 Å². The van der Waals surface area contributed by atoms with Crippen LogP contribution in [-0.2, 0) is 0 Å². The van der Waals surface area contributed by atoms with Crippen molar-refractivity contribution in [3.8, 4) is 0 Å². The van der Waals surface area contributed by atoms with E-state index in [9.17, 15) is 4.79 Å². The summed E-state index contributed by atoms with van der Waals surface area (Å²) in [6, 6.07) is 12.2. The van der Waals surface area contributed by atoms with Crippen LogP contribution in [0.2, 0.25) is 10.0 Å². The summed E-state index contributed by atoms with van der Waals surface area (Å²) >= 11 is 15.3. The third kappa shape index (κ3) is 4.63. The Labute approximate surface area is 141 Å². The van der Waals surface area contributed by atoms with E-state index >= 15 is 0 Å². The average Bonchev–Trinajstić information content (AvgIpc) is 2.43. The Balaban J connectivity index is 2.01. The lowest BCUT2D eigenvalue weighted by Crippen LogP contribution is -2.31. The summed E-state index contributed by atoms with van der Waals surface area (Å²) in [6.45, 7) is 1.91. The number of carbonyl (C=O) groups is 1. The number of urea groups is 1. The Hall–Kier alpha value is -1.23. The third-order valence-electron chi connectivity index (χ3n) is 2.89. The molecule has 2 rings (SSSR count). The Morgan fingerprint density at radius 2 is 1.81 bits per heavy atom. The van der Waals surface area contributed by atoms with Crippen LogP contribution in [0.5, 0.6) is 0 Å². The largest absolute Gasteiger partial charge is 0.331 e. The van der Waals surface area contributed by atoms with Crippen LogP contribution in [0.1, 0.15) is 18.5 Å². The minimum Gasteiger partial charge on any atom is -0.331 e. The van der Waals surface area contributed by atoms with Gasteiger partial charge in [0.05, 0.1) is 16.8 Å². The number of rotatable bonds is 3.